The van der Waals surface area contributed by atoms with Crippen molar-refractivity contribution in [3.05, 3.63) is 46.9 Å². The summed E-state index contributed by atoms with van der Waals surface area (Å²) in [6.45, 7) is 5.50. The van der Waals surface area contributed by atoms with Gasteiger partial charge in [-0.1, -0.05) is 0 Å². The number of aryl methyl sites for hydroxylation is 1. The first-order valence-electron chi connectivity index (χ1n) is 9.06. The molecule has 0 unspecified atom stereocenters. The number of rotatable bonds is 7. The molecule has 1 aromatic heterocycles. The van der Waals surface area contributed by atoms with Crippen LogP contribution in [0.5, 0.6) is 11.5 Å². The van der Waals surface area contributed by atoms with Crippen LogP contribution in [0.15, 0.2) is 28.7 Å². The van der Waals surface area contributed by atoms with Gasteiger partial charge in [0.15, 0.2) is 11.5 Å². The number of hydrogen-bond donors (Lipinski definition) is 0. The molecule has 2 aromatic rings. The molecule has 4 rings (SSSR count). The van der Waals surface area contributed by atoms with E-state index in [0.29, 0.717) is 12.3 Å². The molecule has 1 aromatic carbocycles. The minimum atomic E-state index is 0.0898. The van der Waals surface area contributed by atoms with E-state index in [1.54, 1.807) is 0 Å². The summed E-state index contributed by atoms with van der Waals surface area (Å²) >= 11 is 0. The molecule has 0 saturated heterocycles. The lowest BCUT2D eigenvalue weighted by molar-refractivity contribution is 0.0771. The van der Waals surface area contributed by atoms with E-state index in [-0.39, 0.29) is 12.7 Å². The lowest BCUT2D eigenvalue weighted by Gasteiger charge is -2.19. The maximum absolute atomic E-state index is 12.6. The Bertz CT molecular complexity index is 814. The van der Waals surface area contributed by atoms with Crippen LogP contribution >= 0.6 is 0 Å². The number of hydrogen-bond acceptors (Lipinski definition) is 5. The highest BCUT2D eigenvalue weighted by atomic mass is 16.7. The molecule has 0 aliphatic carbocycles. The molecule has 0 radical (unpaired) electrons. The van der Waals surface area contributed by atoms with Crippen molar-refractivity contribution in [3.63, 3.8) is 0 Å². The van der Waals surface area contributed by atoms with Crippen molar-refractivity contribution in [1.29, 1.82) is 0 Å². The van der Waals surface area contributed by atoms with Crippen molar-refractivity contribution in [2.45, 2.75) is 26.3 Å². The fourth-order valence-corrected chi connectivity index (χ4v) is 3.51. The molecule has 0 bridgehead atoms. The Morgan fingerprint density at radius 2 is 1.96 bits per heavy atom. The summed E-state index contributed by atoms with van der Waals surface area (Å²) in [6, 6.07) is 7.79. The average molecular weight is 356 g/mol. The maximum Gasteiger partial charge on any atom is 0.254 e. The molecule has 1 amide bonds. The fourth-order valence-electron chi connectivity index (χ4n) is 3.51. The van der Waals surface area contributed by atoms with E-state index in [1.165, 1.54) is 0 Å². The smallest absolute Gasteiger partial charge is 0.254 e. The predicted molar refractivity (Wildman–Crippen MR) is 96.6 cm³/mol. The van der Waals surface area contributed by atoms with Crippen molar-refractivity contribution in [2.24, 2.45) is 0 Å². The number of carbonyl (C=O) groups excluding carboxylic acids is 1. The minimum absolute atomic E-state index is 0.0898. The third-order valence-electron chi connectivity index (χ3n) is 4.98. The molecule has 6 heteroatoms. The minimum Gasteiger partial charge on any atom is -0.466 e. The third-order valence-corrected chi connectivity index (χ3v) is 4.98. The number of nitrogens with zero attached hydrogens (tertiary/aromatic N) is 2. The number of benzene rings is 1. The van der Waals surface area contributed by atoms with E-state index < -0.39 is 0 Å². The number of carbonyl (C=O) groups is 1. The number of likely N-dealkylation sites (N-methyl/N-ethyl adjacent to an activating group) is 1. The standard InChI is InChI=1S/C20H24N2O4/c1-14-4-5-16(26-14)6-9-21(2)7-3-8-22-12-15-10-18-19(25-13-24-18)11-17(15)20(22)23/h4-5,10-11H,3,6-9,12-13H2,1-2H3. The van der Waals surface area contributed by atoms with Crippen LogP contribution in [0.25, 0.3) is 0 Å². The first kappa shape index (κ1) is 17.0. The first-order chi connectivity index (χ1) is 12.6. The first-order valence-corrected chi connectivity index (χ1v) is 9.06. The molecule has 6 nitrogen and oxygen atoms in total. The number of amides is 1. The second-order valence-corrected chi connectivity index (χ2v) is 7.01. The Morgan fingerprint density at radius 3 is 2.73 bits per heavy atom. The van der Waals surface area contributed by atoms with E-state index >= 15 is 0 Å². The van der Waals surface area contributed by atoms with Crippen molar-refractivity contribution in [2.75, 3.05) is 33.5 Å². The molecule has 3 heterocycles. The van der Waals surface area contributed by atoms with E-state index in [1.807, 2.05) is 36.1 Å². The number of furan rings is 1. The molecule has 2 aliphatic rings. The van der Waals surface area contributed by atoms with Gasteiger partial charge in [-0.25, -0.2) is 0 Å². The van der Waals surface area contributed by atoms with Gasteiger partial charge >= 0.3 is 0 Å². The fraction of sp³-hybridized carbons (Fsp3) is 0.450. The maximum atomic E-state index is 12.6. The summed E-state index contributed by atoms with van der Waals surface area (Å²) in [5, 5.41) is 0. The van der Waals surface area contributed by atoms with Crippen LogP contribution in [0.3, 0.4) is 0 Å². The molecule has 0 spiro atoms. The number of fused-ring (bicyclic) bond motifs is 2. The van der Waals surface area contributed by atoms with Crippen LogP contribution in [0.4, 0.5) is 0 Å². The molecule has 0 saturated carbocycles. The molecular weight excluding hydrogens is 332 g/mol. The summed E-state index contributed by atoms with van der Waals surface area (Å²) < 4.78 is 16.4. The van der Waals surface area contributed by atoms with Crippen LogP contribution < -0.4 is 9.47 Å². The van der Waals surface area contributed by atoms with E-state index in [4.69, 9.17) is 13.9 Å². The van der Waals surface area contributed by atoms with Gasteiger partial charge in [-0.2, -0.15) is 0 Å². The average Bonchev–Trinajstić information content (AvgIpc) is 3.32. The third kappa shape index (κ3) is 3.42. The largest absolute Gasteiger partial charge is 0.466 e. The van der Waals surface area contributed by atoms with Gasteiger partial charge in [0.05, 0.1) is 0 Å². The summed E-state index contributed by atoms with van der Waals surface area (Å²) in [6.07, 6.45) is 1.85. The molecule has 0 atom stereocenters. The van der Waals surface area contributed by atoms with Gasteiger partial charge in [-0.15, -0.1) is 0 Å². The Hall–Kier alpha value is -2.47. The lowest BCUT2D eigenvalue weighted by Crippen LogP contribution is -2.29. The van der Waals surface area contributed by atoms with Gasteiger partial charge < -0.3 is 23.7 Å². The van der Waals surface area contributed by atoms with Crippen LogP contribution in [-0.2, 0) is 13.0 Å². The second-order valence-electron chi connectivity index (χ2n) is 7.01. The Labute approximate surface area is 153 Å². The topological polar surface area (TPSA) is 55.2 Å². The summed E-state index contributed by atoms with van der Waals surface area (Å²) in [4.78, 5) is 16.8. The van der Waals surface area contributed by atoms with Gasteiger partial charge in [0.25, 0.3) is 5.91 Å². The normalized spacial score (nSPS) is 15.2. The Morgan fingerprint density at radius 1 is 1.15 bits per heavy atom. The van der Waals surface area contributed by atoms with Gasteiger partial charge in [0.1, 0.15) is 11.5 Å². The summed E-state index contributed by atoms with van der Waals surface area (Å²) in [7, 11) is 2.11. The summed E-state index contributed by atoms with van der Waals surface area (Å²) in [5.41, 5.74) is 1.77. The monoisotopic (exact) mass is 356 g/mol. The second kappa shape index (κ2) is 7.03. The quantitative estimate of drug-likeness (QED) is 0.764. The Balaban J connectivity index is 1.24. The van der Waals surface area contributed by atoms with E-state index in [9.17, 15) is 4.79 Å². The van der Waals surface area contributed by atoms with Gasteiger partial charge in [0.2, 0.25) is 6.79 Å². The zero-order valence-electron chi connectivity index (χ0n) is 15.3. The lowest BCUT2D eigenvalue weighted by atomic mass is 10.1. The van der Waals surface area contributed by atoms with Gasteiger partial charge in [-0.3, -0.25) is 4.79 Å². The SMILES string of the molecule is Cc1ccc(CCN(C)CCCN2Cc3cc4c(cc3C2=O)OCO4)o1. The predicted octanol–water partition coefficient (Wildman–Crippen LogP) is 2.84. The van der Waals surface area contributed by atoms with Crippen LogP contribution in [-0.4, -0.2) is 49.2 Å². The molecule has 0 fully saturated rings. The van der Waals surface area contributed by atoms with Crippen molar-refractivity contribution < 1.29 is 18.7 Å². The molecule has 0 N–H and O–H groups in total. The van der Waals surface area contributed by atoms with Crippen molar-refractivity contribution in [1.82, 2.24) is 9.80 Å². The van der Waals surface area contributed by atoms with E-state index in [2.05, 4.69) is 11.9 Å². The van der Waals surface area contributed by atoms with Crippen LogP contribution in [0, 0.1) is 6.92 Å². The summed E-state index contributed by atoms with van der Waals surface area (Å²) in [5.74, 6) is 3.48. The highest BCUT2D eigenvalue weighted by molar-refractivity contribution is 5.99. The Kier molecular flexibility index (Phi) is 4.59. The molecular formula is C20H24N2O4. The zero-order chi connectivity index (χ0) is 18.1. The number of ether oxygens (including phenoxy) is 2. The zero-order valence-corrected chi connectivity index (χ0v) is 15.3. The highest BCUT2D eigenvalue weighted by Crippen LogP contribution is 2.38. The van der Waals surface area contributed by atoms with Crippen LogP contribution in [0.2, 0.25) is 0 Å². The highest BCUT2D eigenvalue weighted by Gasteiger charge is 2.30. The van der Waals surface area contributed by atoms with Gasteiger partial charge in [0, 0.05) is 31.6 Å². The molecule has 138 valence electrons. The van der Waals surface area contributed by atoms with Crippen molar-refractivity contribution >= 4 is 5.91 Å². The van der Waals surface area contributed by atoms with Crippen LogP contribution in [0.1, 0.15) is 33.9 Å². The molecule has 26 heavy (non-hydrogen) atoms. The van der Waals surface area contributed by atoms with Crippen molar-refractivity contribution in [3.8, 4) is 11.5 Å². The molecule has 2 aliphatic heterocycles. The van der Waals surface area contributed by atoms with Gasteiger partial charge in [-0.05, 0) is 56.8 Å². The van der Waals surface area contributed by atoms with E-state index in [0.717, 1.165) is 60.9 Å².